The molecule has 3 nitrogen and oxygen atoms in total. The van der Waals surface area contributed by atoms with Crippen LogP contribution in [0.2, 0.25) is 19.6 Å². The third-order valence-electron chi connectivity index (χ3n) is 2.40. The van der Waals surface area contributed by atoms with Crippen molar-refractivity contribution >= 4 is 14.2 Å². The van der Waals surface area contributed by atoms with Gasteiger partial charge in [-0.25, -0.2) is 0 Å². The molecule has 0 aliphatic carbocycles. The Balaban J connectivity index is 2.61. The predicted octanol–water partition coefficient (Wildman–Crippen LogP) is 1.90. The van der Waals surface area contributed by atoms with E-state index in [4.69, 9.17) is 4.43 Å². The Morgan fingerprint density at radius 3 is 2.36 bits per heavy atom. The number of amides is 1. The minimum absolute atomic E-state index is 0.155. The number of nitrogens with one attached hydrogen (secondary N) is 1. The molecule has 0 aromatic rings. The lowest BCUT2D eigenvalue weighted by molar-refractivity contribution is -0.120. The van der Waals surface area contributed by atoms with Gasteiger partial charge in [0.25, 0.3) is 0 Å². The van der Waals surface area contributed by atoms with Crippen LogP contribution in [0.3, 0.4) is 0 Å². The van der Waals surface area contributed by atoms with Crippen molar-refractivity contribution in [3.05, 3.63) is 0 Å². The molecule has 0 aromatic heterocycles. The van der Waals surface area contributed by atoms with Gasteiger partial charge in [0.15, 0.2) is 8.32 Å². The standard InChI is InChI=1S/C10H21NO2Si/c1-10(2,13-14(3,4)5)8-6-7-9(12)11-8/h8H,6-7H2,1-5H3,(H,11,12). The molecule has 14 heavy (non-hydrogen) atoms. The van der Waals surface area contributed by atoms with Gasteiger partial charge in [-0.2, -0.15) is 0 Å². The molecular weight excluding hydrogens is 194 g/mol. The first-order chi connectivity index (χ1) is 6.21. The largest absolute Gasteiger partial charge is 0.411 e. The Kier molecular flexibility index (Phi) is 3.06. The molecule has 1 aliphatic heterocycles. The van der Waals surface area contributed by atoms with E-state index >= 15 is 0 Å². The SMILES string of the molecule is CC(C)(O[Si](C)(C)C)C1CCC(=O)N1. The van der Waals surface area contributed by atoms with Crippen molar-refractivity contribution in [2.45, 2.75) is 58.0 Å². The van der Waals surface area contributed by atoms with E-state index in [1.807, 2.05) is 0 Å². The fourth-order valence-electron chi connectivity index (χ4n) is 2.00. The molecule has 0 aromatic carbocycles. The summed E-state index contributed by atoms with van der Waals surface area (Å²) in [6.45, 7) is 10.7. The highest BCUT2D eigenvalue weighted by Gasteiger charge is 2.38. The minimum atomic E-state index is -1.53. The third kappa shape index (κ3) is 3.10. The summed E-state index contributed by atoms with van der Waals surface area (Å²) in [6.07, 6.45) is 1.54. The Morgan fingerprint density at radius 2 is 2.00 bits per heavy atom. The molecule has 0 saturated carbocycles. The fourth-order valence-corrected chi connectivity index (χ4v) is 3.72. The van der Waals surface area contributed by atoms with E-state index in [1.165, 1.54) is 0 Å². The number of carbonyl (C=O) groups excluding carboxylic acids is 1. The van der Waals surface area contributed by atoms with Crippen LogP contribution >= 0.6 is 0 Å². The summed E-state index contributed by atoms with van der Waals surface area (Å²) in [5, 5.41) is 2.98. The monoisotopic (exact) mass is 215 g/mol. The molecular formula is C10H21NO2Si. The first-order valence-electron chi connectivity index (χ1n) is 5.20. The zero-order chi connectivity index (χ0) is 11.0. The van der Waals surface area contributed by atoms with E-state index < -0.39 is 8.32 Å². The maximum Gasteiger partial charge on any atom is 0.220 e. The summed E-state index contributed by atoms with van der Waals surface area (Å²) in [5.41, 5.74) is -0.226. The second-order valence-corrected chi connectivity index (χ2v) is 9.91. The maximum absolute atomic E-state index is 11.1. The summed E-state index contributed by atoms with van der Waals surface area (Å²) in [5.74, 6) is 0.155. The van der Waals surface area contributed by atoms with Crippen molar-refractivity contribution in [2.75, 3.05) is 0 Å². The van der Waals surface area contributed by atoms with Crippen LogP contribution in [0.15, 0.2) is 0 Å². The Labute approximate surface area is 87.3 Å². The fraction of sp³-hybridized carbons (Fsp3) is 0.900. The topological polar surface area (TPSA) is 38.3 Å². The molecule has 1 atom stereocenters. The maximum atomic E-state index is 11.1. The molecule has 1 unspecified atom stereocenters. The second-order valence-electron chi connectivity index (χ2n) is 5.48. The Morgan fingerprint density at radius 1 is 1.43 bits per heavy atom. The lowest BCUT2D eigenvalue weighted by Gasteiger charge is -2.37. The van der Waals surface area contributed by atoms with E-state index in [-0.39, 0.29) is 17.6 Å². The van der Waals surface area contributed by atoms with E-state index in [0.717, 1.165) is 6.42 Å². The van der Waals surface area contributed by atoms with Crippen LogP contribution in [0.5, 0.6) is 0 Å². The lowest BCUT2D eigenvalue weighted by Crippen LogP contribution is -2.51. The van der Waals surface area contributed by atoms with Gasteiger partial charge in [-0.1, -0.05) is 0 Å². The average molecular weight is 215 g/mol. The van der Waals surface area contributed by atoms with Crippen molar-refractivity contribution in [3.8, 4) is 0 Å². The first-order valence-corrected chi connectivity index (χ1v) is 8.61. The number of rotatable bonds is 3. The minimum Gasteiger partial charge on any atom is -0.411 e. The van der Waals surface area contributed by atoms with Gasteiger partial charge in [0.1, 0.15) is 0 Å². The van der Waals surface area contributed by atoms with Gasteiger partial charge in [-0.3, -0.25) is 4.79 Å². The molecule has 1 N–H and O–H groups in total. The van der Waals surface area contributed by atoms with Gasteiger partial charge >= 0.3 is 0 Å². The van der Waals surface area contributed by atoms with Crippen LogP contribution in [-0.4, -0.2) is 25.9 Å². The normalized spacial score (nSPS) is 23.8. The highest BCUT2D eigenvalue weighted by atomic mass is 28.4. The van der Waals surface area contributed by atoms with Crippen molar-refractivity contribution in [2.24, 2.45) is 0 Å². The molecule has 1 saturated heterocycles. The summed E-state index contributed by atoms with van der Waals surface area (Å²) in [6, 6.07) is 0.182. The smallest absolute Gasteiger partial charge is 0.220 e. The van der Waals surface area contributed by atoms with Gasteiger partial charge in [0.05, 0.1) is 11.6 Å². The van der Waals surface area contributed by atoms with Crippen molar-refractivity contribution in [1.82, 2.24) is 5.32 Å². The van der Waals surface area contributed by atoms with Crippen molar-refractivity contribution in [3.63, 3.8) is 0 Å². The van der Waals surface area contributed by atoms with Gasteiger partial charge in [-0.05, 0) is 39.9 Å². The van der Waals surface area contributed by atoms with Crippen LogP contribution in [0.4, 0.5) is 0 Å². The molecule has 0 radical (unpaired) electrons. The van der Waals surface area contributed by atoms with Crippen molar-refractivity contribution in [1.29, 1.82) is 0 Å². The summed E-state index contributed by atoms with van der Waals surface area (Å²) in [4.78, 5) is 11.1. The molecule has 1 aliphatic rings. The van der Waals surface area contributed by atoms with E-state index in [9.17, 15) is 4.79 Å². The molecule has 1 rings (SSSR count). The zero-order valence-electron chi connectivity index (χ0n) is 9.81. The Hall–Kier alpha value is -0.353. The van der Waals surface area contributed by atoms with Crippen LogP contribution in [0.1, 0.15) is 26.7 Å². The average Bonchev–Trinajstić information content (AvgIpc) is 2.29. The van der Waals surface area contributed by atoms with Crippen LogP contribution < -0.4 is 5.32 Å². The van der Waals surface area contributed by atoms with Crippen LogP contribution in [0, 0.1) is 0 Å². The van der Waals surface area contributed by atoms with Crippen LogP contribution in [0.25, 0.3) is 0 Å². The zero-order valence-corrected chi connectivity index (χ0v) is 10.8. The second kappa shape index (κ2) is 3.66. The molecule has 1 heterocycles. The predicted molar refractivity (Wildman–Crippen MR) is 59.7 cm³/mol. The van der Waals surface area contributed by atoms with Gasteiger partial charge in [0, 0.05) is 6.42 Å². The Bertz CT molecular complexity index is 233. The third-order valence-corrected chi connectivity index (χ3v) is 3.54. The molecule has 1 fully saturated rings. The summed E-state index contributed by atoms with van der Waals surface area (Å²) >= 11 is 0. The number of hydrogen-bond donors (Lipinski definition) is 1. The summed E-state index contributed by atoms with van der Waals surface area (Å²) < 4.78 is 6.08. The molecule has 4 heteroatoms. The van der Waals surface area contributed by atoms with Gasteiger partial charge in [-0.15, -0.1) is 0 Å². The van der Waals surface area contributed by atoms with E-state index in [1.54, 1.807) is 0 Å². The molecule has 1 amide bonds. The summed E-state index contributed by atoms with van der Waals surface area (Å²) in [7, 11) is -1.53. The molecule has 0 spiro atoms. The van der Waals surface area contributed by atoms with Crippen LogP contribution in [-0.2, 0) is 9.22 Å². The molecule has 82 valence electrons. The van der Waals surface area contributed by atoms with E-state index in [0.29, 0.717) is 6.42 Å². The number of hydrogen-bond acceptors (Lipinski definition) is 2. The van der Waals surface area contributed by atoms with E-state index in [2.05, 4.69) is 38.8 Å². The quantitative estimate of drug-likeness (QED) is 0.730. The van der Waals surface area contributed by atoms with Gasteiger partial charge in [0.2, 0.25) is 5.91 Å². The molecule has 0 bridgehead atoms. The number of carbonyl (C=O) groups is 1. The van der Waals surface area contributed by atoms with Crippen molar-refractivity contribution < 1.29 is 9.22 Å². The first kappa shape index (κ1) is 11.7. The lowest BCUT2D eigenvalue weighted by atomic mass is 9.98. The highest BCUT2D eigenvalue weighted by Crippen LogP contribution is 2.26. The van der Waals surface area contributed by atoms with Gasteiger partial charge < -0.3 is 9.74 Å². The highest BCUT2D eigenvalue weighted by molar-refractivity contribution is 6.69.